The number of amides is 1. The molecule has 1 amide bonds. The molecule has 0 aliphatic carbocycles. The molecular weight excluding hydrogens is 407 g/mol. The van der Waals surface area contributed by atoms with E-state index in [0.29, 0.717) is 17.7 Å². The highest BCUT2D eigenvalue weighted by Crippen LogP contribution is 2.37. The quantitative estimate of drug-likeness (QED) is 0.523. The van der Waals surface area contributed by atoms with Crippen molar-refractivity contribution in [3.05, 3.63) is 58.7 Å². The molecule has 0 N–H and O–H groups in total. The molecule has 0 fully saturated rings. The number of benzene rings is 2. The minimum atomic E-state index is -4.57. The van der Waals surface area contributed by atoms with Crippen molar-refractivity contribution >= 4 is 11.9 Å². The van der Waals surface area contributed by atoms with Gasteiger partial charge in [-0.1, -0.05) is 29.8 Å². The van der Waals surface area contributed by atoms with Gasteiger partial charge in [0, 0.05) is 20.0 Å². The largest absolute Gasteiger partial charge is 0.466 e. The molecule has 0 spiro atoms. The summed E-state index contributed by atoms with van der Waals surface area (Å²) in [6, 6.07) is 9.11. The standard InChI is InChI=1S/C24H28F3NO3/c1-6-28(17(5)29)14-20-10-15(3)8-9-22(20)19-11-18(16(4)23(30)31-7-2)12-21(13-19)24(25,26)27/h8-13,16H,6-7,14H2,1-5H3. The molecule has 2 rings (SSSR count). The molecule has 2 aromatic rings. The molecule has 4 nitrogen and oxygen atoms in total. The Morgan fingerprint density at radius 2 is 1.77 bits per heavy atom. The summed E-state index contributed by atoms with van der Waals surface area (Å²) in [5.74, 6) is -1.54. The van der Waals surface area contributed by atoms with Crippen molar-refractivity contribution in [3.8, 4) is 11.1 Å². The van der Waals surface area contributed by atoms with Crippen molar-refractivity contribution in [1.82, 2.24) is 4.90 Å². The second-order valence-electron chi connectivity index (χ2n) is 7.51. The van der Waals surface area contributed by atoms with Crippen molar-refractivity contribution in [2.24, 2.45) is 0 Å². The second-order valence-corrected chi connectivity index (χ2v) is 7.51. The lowest BCUT2D eigenvalue weighted by Crippen LogP contribution is -2.28. The number of hydrogen-bond donors (Lipinski definition) is 0. The van der Waals surface area contributed by atoms with Crippen LogP contribution in [0.2, 0.25) is 0 Å². The molecule has 7 heteroatoms. The third-order valence-corrected chi connectivity index (χ3v) is 5.18. The van der Waals surface area contributed by atoms with Gasteiger partial charge < -0.3 is 9.64 Å². The van der Waals surface area contributed by atoms with Gasteiger partial charge in [-0.25, -0.2) is 0 Å². The summed E-state index contributed by atoms with van der Waals surface area (Å²) in [5.41, 5.74) is 2.01. The van der Waals surface area contributed by atoms with Crippen LogP contribution in [0.5, 0.6) is 0 Å². The van der Waals surface area contributed by atoms with Crippen LogP contribution in [-0.4, -0.2) is 29.9 Å². The van der Waals surface area contributed by atoms with Gasteiger partial charge in [-0.2, -0.15) is 13.2 Å². The lowest BCUT2D eigenvalue weighted by Gasteiger charge is -2.22. The van der Waals surface area contributed by atoms with Crippen LogP contribution < -0.4 is 0 Å². The van der Waals surface area contributed by atoms with E-state index in [1.165, 1.54) is 13.8 Å². The number of nitrogens with zero attached hydrogens (tertiary/aromatic N) is 1. The van der Waals surface area contributed by atoms with Crippen molar-refractivity contribution in [3.63, 3.8) is 0 Å². The number of alkyl halides is 3. The number of hydrogen-bond acceptors (Lipinski definition) is 3. The lowest BCUT2D eigenvalue weighted by molar-refractivity contribution is -0.145. The molecule has 0 saturated heterocycles. The Bertz CT molecular complexity index is 954. The van der Waals surface area contributed by atoms with Gasteiger partial charge in [-0.3, -0.25) is 9.59 Å². The minimum absolute atomic E-state index is 0.115. The molecule has 0 radical (unpaired) electrons. The van der Waals surface area contributed by atoms with Gasteiger partial charge in [0.25, 0.3) is 0 Å². The van der Waals surface area contributed by atoms with Crippen LogP contribution in [0.15, 0.2) is 36.4 Å². The fourth-order valence-electron chi connectivity index (χ4n) is 3.41. The molecule has 2 aromatic carbocycles. The van der Waals surface area contributed by atoms with Crippen LogP contribution >= 0.6 is 0 Å². The van der Waals surface area contributed by atoms with E-state index < -0.39 is 23.6 Å². The first-order chi connectivity index (χ1) is 14.5. The molecule has 0 aliphatic rings. The number of esters is 1. The molecule has 0 aliphatic heterocycles. The van der Waals surface area contributed by atoms with Crippen LogP contribution in [0.25, 0.3) is 11.1 Å². The van der Waals surface area contributed by atoms with Gasteiger partial charge in [-0.15, -0.1) is 0 Å². The normalized spacial score (nSPS) is 12.4. The first kappa shape index (κ1) is 24.4. The predicted octanol–water partition coefficient (Wildman–Crippen LogP) is 5.72. The summed E-state index contributed by atoms with van der Waals surface area (Å²) in [6.45, 7) is 9.28. The second kappa shape index (κ2) is 9.98. The van der Waals surface area contributed by atoms with E-state index in [-0.39, 0.29) is 24.6 Å². The molecule has 31 heavy (non-hydrogen) atoms. The number of halogens is 3. The molecule has 0 bridgehead atoms. The molecule has 0 aromatic heterocycles. The van der Waals surface area contributed by atoms with Crippen LogP contribution in [-0.2, 0) is 27.0 Å². The van der Waals surface area contributed by atoms with Gasteiger partial charge in [0.1, 0.15) is 0 Å². The first-order valence-corrected chi connectivity index (χ1v) is 10.2. The minimum Gasteiger partial charge on any atom is -0.466 e. The zero-order valence-electron chi connectivity index (χ0n) is 18.5. The number of aryl methyl sites for hydroxylation is 1. The van der Waals surface area contributed by atoms with E-state index in [4.69, 9.17) is 4.74 Å². The van der Waals surface area contributed by atoms with Gasteiger partial charge in [0.05, 0.1) is 18.1 Å². The maximum absolute atomic E-state index is 13.6. The maximum Gasteiger partial charge on any atom is 0.416 e. The van der Waals surface area contributed by atoms with E-state index in [1.54, 1.807) is 24.0 Å². The van der Waals surface area contributed by atoms with E-state index >= 15 is 0 Å². The van der Waals surface area contributed by atoms with E-state index in [9.17, 15) is 22.8 Å². The highest BCUT2D eigenvalue weighted by atomic mass is 19.4. The molecule has 1 unspecified atom stereocenters. The highest BCUT2D eigenvalue weighted by Gasteiger charge is 2.32. The Labute approximate surface area is 181 Å². The Hall–Kier alpha value is -2.83. The maximum atomic E-state index is 13.6. The van der Waals surface area contributed by atoms with Crippen LogP contribution in [0.3, 0.4) is 0 Å². The summed E-state index contributed by atoms with van der Waals surface area (Å²) in [5, 5.41) is 0. The first-order valence-electron chi connectivity index (χ1n) is 10.2. The van der Waals surface area contributed by atoms with Gasteiger partial charge >= 0.3 is 12.1 Å². The summed E-state index contributed by atoms with van der Waals surface area (Å²) in [4.78, 5) is 25.7. The zero-order valence-corrected chi connectivity index (χ0v) is 18.5. The third-order valence-electron chi connectivity index (χ3n) is 5.18. The number of rotatable bonds is 7. The van der Waals surface area contributed by atoms with Gasteiger partial charge in [0.2, 0.25) is 5.91 Å². The molecule has 0 saturated carbocycles. The Balaban J connectivity index is 2.65. The van der Waals surface area contributed by atoms with E-state index in [1.807, 2.05) is 26.0 Å². The SMILES string of the molecule is CCOC(=O)C(C)c1cc(-c2ccc(C)cc2CN(CC)C(C)=O)cc(C(F)(F)F)c1. The van der Waals surface area contributed by atoms with Crippen LogP contribution in [0, 0.1) is 6.92 Å². The zero-order chi connectivity index (χ0) is 23.3. The fourth-order valence-corrected chi connectivity index (χ4v) is 3.41. The molecule has 0 heterocycles. The highest BCUT2D eigenvalue weighted by molar-refractivity contribution is 5.79. The monoisotopic (exact) mass is 435 g/mol. The smallest absolute Gasteiger partial charge is 0.416 e. The van der Waals surface area contributed by atoms with Gasteiger partial charge in [-0.05, 0) is 62.1 Å². The Kier molecular flexibility index (Phi) is 7.87. The van der Waals surface area contributed by atoms with Crippen molar-refractivity contribution < 1.29 is 27.5 Å². The van der Waals surface area contributed by atoms with Crippen LogP contribution in [0.4, 0.5) is 13.2 Å². The third kappa shape index (κ3) is 6.09. The lowest BCUT2D eigenvalue weighted by atomic mass is 9.91. The summed E-state index contributed by atoms with van der Waals surface area (Å²) >= 11 is 0. The molecular formula is C24H28F3NO3. The number of carbonyl (C=O) groups excluding carboxylic acids is 2. The van der Waals surface area contributed by atoms with Gasteiger partial charge in [0.15, 0.2) is 0 Å². The van der Waals surface area contributed by atoms with E-state index in [0.717, 1.165) is 23.3 Å². The van der Waals surface area contributed by atoms with Crippen molar-refractivity contribution in [2.45, 2.75) is 53.3 Å². The van der Waals surface area contributed by atoms with Crippen molar-refractivity contribution in [1.29, 1.82) is 0 Å². The average molecular weight is 435 g/mol. The van der Waals surface area contributed by atoms with Crippen molar-refractivity contribution in [2.75, 3.05) is 13.2 Å². The molecule has 168 valence electrons. The van der Waals surface area contributed by atoms with Crippen LogP contribution in [0.1, 0.15) is 55.9 Å². The fraction of sp³-hybridized carbons (Fsp3) is 0.417. The average Bonchev–Trinajstić information content (AvgIpc) is 2.70. The summed E-state index contributed by atoms with van der Waals surface area (Å²) < 4.78 is 45.9. The predicted molar refractivity (Wildman–Crippen MR) is 113 cm³/mol. The molecule has 1 atom stereocenters. The van der Waals surface area contributed by atoms with E-state index in [2.05, 4.69) is 0 Å². The number of ether oxygens (including phenoxy) is 1. The number of carbonyl (C=O) groups is 2. The Morgan fingerprint density at radius 1 is 1.10 bits per heavy atom. The summed E-state index contributed by atoms with van der Waals surface area (Å²) in [7, 11) is 0. The topological polar surface area (TPSA) is 46.6 Å². The Morgan fingerprint density at radius 3 is 2.32 bits per heavy atom. The summed E-state index contributed by atoms with van der Waals surface area (Å²) in [6.07, 6.45) is -4.57.